The predicted molar refractivity (Wildman–Crippen MR) is 161 cm³/mol. The molecule has 0 aliphatic carbocycles. The van der Waals surface area contributed by atoms with Gasteiger partial charge in [0.1, 0.15) is 0 Å². The van der Waals surface area contributed by atoms with E-state index in [1.54, 1.807) is 0 Å². The van der Waals surface area contributed by atoms with Crippen LogP contribution in [0.5, 0.6) is 0 Å². The molecule has 9 heteroatoms. The minimum atomic E-state index is -1.14. The minimum absolute atomic E-state index is 0. The van der Waals surface area contributed by atoms with Crippen molar-refractivity contribution < 1.29 is 36.9 Å². The number of fused-ring (bicyclic) bond motifs is 8. The maximum Gasteiger partial charge on any atom is 0.0660 e. The van der Waals surface area contributed by atoms with Crippen molar-refractivity contribution in [3.8, 4) is 0 Å². The molecule has 226 valence electrons. The van der Waals surface area contributed by atoms with E-state index in [4.69, 9.17) is 19.9 Å². The van der Waals surface area contributed by atoms with E-state index in [9.17, 15) is 19.8 Å². The fourth-order valence-electron chi connectivity index (χ4n) is 6.05. The van der Waals surface area contributed by atoms with E-state index in [0.29, 0.717) is 22.4 Å². The molecular weight excluding hydrogens is 584 g/mol. The van der Waals surface area contributed by atoms with Gasteiger partial charge in [-0.1, -0.05) is 60.4 Å². The molecular formula is C34H34FeN4O4-4. The van der Waals surface area contributed by atoms with Crippen molar-refractivity contribution in [1.29, 1.82) is 0 Å². The topological polar surface area (TPSA) is 134 Å². The molecule has 5 rings (SSSR count). The van der Waals surface area contributed by atoms with Crippen molar-refractivity contribution in [3.05, 3.63) is 69.3 Å². The number of carbonyl (C=O) groups is 2. The third-order valence-electron chi connectivity index (χ3n) is 8.51. The number of carboxylic acid groups (broad SMARTS) is 2. The van der Waals surface area contributed by atoms with E-state index in [1.807, 2.05) is 32.0 Å². The van der Waals surface area contributed by atoms with E-state index in [0.717, 1.165) is 79.8 Å². The van der Waals surface area contributed by atoms with Gasteiger partial charge in [-0.3, -0.25) is 0 Å². The summed E-state index contributed by atoms with van der Waals surface area (Å²) in [5.41, 5.74) is 13.8. The van der Waals surface area contributed by atoms with E-state index < -0.39 is 11.9 Å². The number of hydrogen-bond acceptors (Lipinski definition) is 6. The molecule has 0 fully saturated rings. The quantitative estimate of drug-likeness (QED) is 0.343. The van der Waals surface area contributed by atoms with Crippen LogP contribution < -0.4 is 20.2 Å². The molecule has 0 saturated heterocycles. The van der Waals surface area contributed by atoms with Crippen LogP contribution in [0.3, 0.4) is 0 Å². The largest absolute Gasteiger partial charge is 0.657 e. The zero-order valence-corrected chi connectivity index (χ0v) is 26.4. The molecule has 2 aliphatic heterocycles. The number of aliphatic carboxylic acids is 2. The average molecular weight is 619 g/mol. The second-order valence-electron chi connectivity index (χ2n) is 11.0. The van der Waals surface area contributed by atoms with Crippen molar-refractivity contribution in [3.63, 3.8) is 0 Å². The summed E-state index contributed by atoms with van der Waals surface area (Å²) in [4.78, 5) is 42.7. The standard InChI is InChI=1S/C34H38N4O4.Fe/c1-7-21-17(3)25-13-26-19(5)23(9-11-33(39)40)31(37-26)16-32-24(10-12-34(41)42)20(6)28(38-32)15-30-22(8-2)18(4)27(36-30)14-29(21)35-25;/h13-16H,7-12H2,1-6H3,(H4,35,36,37,38,39,40,41,42);/p-4. The molecule has 8 bridgehead atoms. The first-order chi connectivity index (χ1) is 20.0. The molecule has 0 N–H and O–H groups in total. The number of carboxylic acids is 2. The molecule has 3 aromatic heterocycles. The summed E-state index contributed by atoms with van der Waals surface area (Å²) in [6.45, 7) is 12.2. The summed E-state index contributed by atoms with van der Waals surface area (Å²) in [5, 5.41) is 22.8. The van der Waals surface area contributed by atoms with Gasteiger partial charge in [-0.15, -0.1) is 22.1 Å². The molecule has 5 heterocycles. The average Bonchev–Trinajstić information content (AvgIpc) is 3.59. The van der Waals surface area contributed by atoms with Gasteiger partial charge in [0.2, 0.25) is 0 Å². The fraction of sp³-hybridized carbons (Fsp3) is 0.353. The number of aryl methyl sites for hydroxylation is 4. The van der Waals surface area contributed by atoms with Crippen LogP contribution in [0, 0.1) is 13.8 Å². The summed E-state index contributed by atoms with van der Waals surface area (Å²) in [5.74, 6) is -2.27. The molecule has 0 aromatic carbocycles. The Morgan fingerprint density at radius 1 is 0.628 bits per heavy atom. The van der Waals surface area contributed by atoms with Gasteiger partial charge in [0.25, 0.3) is 0 Å². The minimum Gasteiger partial charge on any atom is -0.657 e. The maximum absolute atomic E-state index is 11.4. The first-order valence-corrected chi connectivity index (χ1v) is 14.5. The van der Waals surface area contributed by atoms with Crippen molar-refractivity contribution in [1.82, 2.24) is 19.9 Å². The maximum atomic E-state index is 11.4. The number of rotatable bonds is 8. The van der Waals surface area contributed by atoms with Crippen molar-refractivity contribution in [2.45, 2.75) is 80.1 Å². The van der Waals surface area contributed by atoms with E-state index in [1.165, 1.54) is 0 Å². The Labute approximate surface area is 261 Å². The summed E-state index contributed by atoms with van der Waals surface area (Å²) in [7, 11) is 0. The Balaban J connectivity index is 0.00000423. The number of nitrogens with zero attached hydrogens (tertiary/aromatic N) is 4. The predicted octanol–water partition coefficient (Wildman–Crippen LogP) is 4.23. The van der Waals surface area contributed by atoms with Crippen molar-refractivity contribution in [2.75, 3.05) is 0 Å². The van der Waals surface area contributed by atoms with Gasteiger partial charge in [0.05, 0.1) is 22.8 Å². The van der Waals surface area contributed by atoms with Crippen LogP contribution >= 0.6 is 0 Å². The number of allylic oxidation sites excluding steroid dienone is 4. The van der Waals surface area contributed by atoms with Crippen LogP contribution in [-0.4, -0.2) is 21.9 Å². The Hall–Kier alpha value is -3.94. The fourth-order valence-corrected chi connectivity index (χ4v) is 6.05. The summed E-state index contributed by atoms with van der Waals surface area (Å²) < 4.78 is 0. The summed E-state index contributed by atoms with van der Waals surface area (Å²) in [6, 6.07) is 7.83. The molecule has 0 amide bonds. The van der Waals surface area contributed by atoms with Crippen LogP contribution in [0.4, 0.5) is 0 Å². The summed E-state index contributed by atoms with van der Waals surface area (Å²) in [6.07, 6.45) is 1.82. The first kappa shape index (κ1) is 32.0. The zero-order valence-electron chi connectivity index (χ0n) is 25.3. The Morgan fingerprint density at radius 2 is 1.07 bits per heavy atom. The van der Waals surface area contributed by atoms with Crippen LogP contribution in [-0.2, 0) is 39.5 Å². The van der Waals surface area contributed by atoms with Gasteiger partial charge in [-0.25, -0.2) is 9.97 Å². The molecule has 0 atom stereocenters. The third-order valence-corrected chi connectivity index (χ3v) is 8.51. The molecule has 0 radical (unpaired) electrons. The Morgan fingerprint density at radius 3 is 1.63 bits per heavy atom. The van der Waals surface area contributed by atoms with E-state index in [-0.39, 0.29) is 42.8 Å². The van der Waals surface area contributed by atoms with Crippen LogP contribution in [0.1, 0.15) is 98.4 Å². The van der Waals surface area contributed by atoms with Gasteiger partial charge in [-0.05, 0) is 88.5 Å². The van der Waals surface area contributed by atoms with E-state index in [2.05, 4.69) is 33.8 Å². The normalized spacial score (nSPS) is 13.0. The van der Waals surface area contributed by atoms with Gasteiger partial charge in [-0.2, -0.15) is 0 Å². The van der Waals surface area contributed by atoms with Gasteiger partial charge < -0.3 is 29.8 Å². The number of hydrogen-bond donors (Lipinski definition) is 0. The molecule has 0 spiro atoms. The first-order valence-electron chi connectivity index (χ1n) is 14.5. The van der Waals surface area contributed by atoms with Crippen LogP contribution in [0.15, 0.2) is 24.3 Å². The molecule has 2 aliphatic rings. The Bertz CT molecular complexity index is 1860. The monoisotopic (exact) mass is 618 g/mol. The number of aromatic nitrogens is 4. The van der Waals surface area contributed by atoms with Crippen LogP contribution in [0.25, 0.3) is 44.4 Å². The second-order valence-corrected chi connectivity index (χ2v) is 11.0. The second kappa shape index (κ2) is 12.7. The Kier molecular flexibility index (Phi) is 9.47. The molecule has 8 nitrogen and oxygen atoms in total. The summed E-state index contributed by atoms with van der Waals surface area (Å²) >= 11 is 0. The van der Waals surface area contributed by atoms with Gasteiger partial charge >= 0.3 is 0 Å². The zero-order chi connectivity index (χ0) is 30.3. The number of carbonyl (C=O) groups excluding carboxylic acids is 2. The van der Waals surface area contributed by atoms with E-state index >= 15 is 0 Å². The van der Waals surface area contributed by atoms with Crippen LogP contribution in [0.2, 0.25) is 0 Å². The molecule has 43 heavy (non-hydrogen) atoms. The van der Waals surface area contributed by atoms with Gasteiger partial charge in [0, 0.05) is 29.0 Å². The van der Waals surface area contributed by atoms with Gasteiger partial charge in [0.15, 0.2) is 0 Å². The SMILES string of the molecule is CCC1=C(C)c2cc3[n-]c(cc4nc(cc5[n-]c(cc1n2)c(C)c5CCC(=O)[O-])C(CCC(=O)[O-])=C4C)c(C)c3CC.[Fe]. The molecule has 3 aromatic rings. The van der Waals surface area contributed by atoms with Crippen molar-refractivity contribution >= 4 is 56.3 Å². The molecule has 0 saturated carbocycles. The smallest absolute Gasteiger partial charge is 0.0660 e. The van der Waals surface area contributed by atoms with Crippen molar-refractivity contribution in [2.24, 2.45) is 0 Å². The molecule has 0 unspecified atom stereocenters. The third kappa shape index (κ3) is 6.10.